The second-order valence-electron chi connectivity index (χ2n) is 4.42. The molecule has 8 heteroatoms. The highest BCUT2D eigenvalue weighted by Crippen LogP contribution is 2.23. The zero-order chi connectivity index (χ0) is 16.4. The molecule has 0 radical (unpaired) electrons. The van der Waals surface area contributed by atoms with Crippen molar-refractivity contribution in [2.45, 2.75) is 0 Å². The highest BCUT2D eigenvalue weighted by Gasteiger charge is 2.15. The van der Waals surface area contributed by atoms with Gasteiger partial charge >= 0.3 is 11.8 Å². The van der Waals surface area contributed by atoms with E-state index >= 15 is 0 Å². The van der Waals surface area contributed by atoms with E-state index in [-0.39, 0.29) is 16.8 Å². The second kappa shape index (κ2) is 6.13. The molecule has 0 aliphatic rings. The number of aromatic nitrogens is 2. The Labute approximate surface area is 134 Å². The number of methoxy groups -OCH3 is 1. The summed E-state index contributed by atoms with van der Waals surface area (Å²) >= 11 is 5.68. The van der Waals surface area contributed by atoms with Gasteiger partial charge in [0.2, 0.25) is 0 Å². The van der Waals surface area contributed by atoms with Gasteiger partial charge < -0.3 is 13.9 Å². The molecule has 1 heterocycles. The summed E-state index contributed by atoms with van der Waals surface area (Å²) in [6.07, 6.45) is -0.311. The predicted octanol–water partition coefficient (Wildman–Crippen LogP) is 3.42. The normalized spacial score (nSPS) is 10.6. The van der Waals surface area contributed by atoms with Gasteiger partial charge in [0.1, 0.15) is 17.2 Å². The van der Waals surface area contributed by atoms with Crippen LogP contribution in [0.3, 0.4) is 0 Å². The molecule has 0 spiro atoms. The van der Waals surface area contributed by atoms with Crippen LogP contribution in [0.5, 0.6) is 17.6 Å². The summed E-state index contributed by atoms with van der Waals surface area (Å²) in [5.74, 6) is -0.554. The Morgan fingerprint density at radius 2 is 1.87 bits per heavy atom. The molecule has 23 heavy (non-hydrogen) atoms. The van der Waals surface area contributed by atoms with Gasteiger partial charge in [0.25, 0.3) is 0 Å². The summed E-state index contributed by atoms with van der Waals surface area (Å²) in [5, 5.41) is 4.02. The summed E-state index contributed by atoms with van der Waals surface area (Å²) in [7, 11) is 1.54. The lowest BCUT2D eigenvalue weighted by Crippen LogP contribution is -2.14. The lowest BCUT2D eigenvalue weighted by atomic mass is 10.3. The number of halogens is 2. The van der Waals surface area contributed by atoms with Crippen molar-refractivity contribution in [2.24, 2.45) is 0 Å². The fraction of sp³-hybridized carbons (Fsp3) is 0.0667. The van der Waals surface area contributed by atoms with Crippen molar-refractivity contribution in [3.8, 4) is 23.3 Å². The Kier molecular flexibility index (Phi) is 4.03. The lowest BCUT2D eigenvalue weighted by Gasteiger charge is -2.02. The summed E-state index contributed by atoms with van der Waals surface area (Å²) in [5.41, 5.74) is -0.0901. The average Bonchev–Trinajstić information content (AvgIpc) is 2.88. The fourth-order valence-electron chi connectivity index (χ4n) is 1.85. The SMILES string of the molecule is COc1ccc(Oc2nn(-c3ccc(Cl)cc3F)c(=O)o2)cc1. The third kappa shape index (κ3) is 3.19. The van der Waals surface area contributed by atoms with Crippen LogP contribution in [0.4, 0.5) is 4.39 Å². The van der Waals surface area contributed by atoms with E-state index in [1.54, 1.807) is 24.3 Å². The fourth-order valence-corrected chi connectivity index (χ4v) is 2.01. The first-order valence-corrected chi connectivity index (χ1v) is 6.82. The summed E-state index contributed by atoms with van der Waals surface area (Å²) in [6, 6.07) is 10.4. The smallest absolute Gasteiger partial charge is 0.444 e. The van der Waals surface area contributed by atoms with Gasteiger partial charge in [0.15, 0.2) is 5.82 Å². The standard InChI is InChI=1S/C15H10ClFN2O4/c1-21-10-3-5-11(6-4-10)22-14-18-19(15(20)23-14)13-7-2-9(16)8-12(13)17/h2-8H,1H3. The zero-order valence-electron chi connectivity index (χ0n) is 11.8. The van der Waals surface area contributed by atoms with E-state index in [0.29, 0.717) is 11.5 Å². The van der Waals surface area contributed by atoms with Gasteiger partial charge in [-0.1, -0.05) is 16.7 Å². The van der Waals surface area contributed by atoms with Crippen LogP contribution in [-0.4, -0.2) is 16.9 Å². The van der Waals surface area contributed by atoms with Crippen LogP contribution in [0.15, 0.2) is 51.7 Å². The van der Waals surface area contributed by atoms with Crippen molar-refractivity contribution in [2.75, 3.05) is 7.11 Å². The van der Waals surface area contributed by atoms with Gasteiger partial charge in [-0.25, -0.2) is 9.18 Å². The molecule has 2 aromatic carbocycles. The summed E-state index contributed by atoms with van der Waals surface area (Å²) < 4.78 is 29.8. The highest BCUT2D eigenvalue weighted by molar-refractivity contribution is 6.30. The van der Waals surface area contributed by atoms with Crippen LogP contribution in [0, 0.1) is 5.82 Å². The Hall–Kier alpha value is -2.80. The van der Waals surface area contributed by atoms with E-state index in [1.165, 1.54) is 19.2 Å². The molecular weight excluding hydrogens is 327 g/mol. The Bertz CT molecular complexity index is 889. The zero-order valence-corrected chi connectivity index (χ0v) is 12.6. The van der Waals surface area contributed by atoms with Gasteiger partial charge in [0, 0.05) is 5.02 Å². The van der Waals surface area contributed by atoms with Crippen molar-refractivity contribution in [3.63, 3.8) is 0 Å². The number of ether oxygens (including phenoxy) is 2. The molecule has 3 rings (SSSR count). The molecular formula is C15H10ClFN2O4. The van der Waals surface area contributed by atoms with E-state index in [0.717, 1.165) is 10.7 Å². The van der Waals surface area contributed by atoms with Crippen LogP contribution >= 0.6 is 11.6 Å². The van der Waals surface area contributed by atoms with Crippen LogP contribution in [-0.2, 0) is 0 Å². The average molecular weight is 337 g/mol. The molecule has 0 saturated heterocycles. The number of hydrogen-bond acceptors (Lipinski definition) is 5. The van der Waals surface area contributed by atoms with Crippen molar-refractivity contribution in [1.82, 2.24) is 9.78 Å². The van der Waals surface area contributed by atoms with E-state index < -0.39 is 11.6 Å². The number of nitrogens with zero attached hydrogens (tertiary/aromatic N) is 2. The lowest BCUT2D eigenvalue weighted by molar-refractivity contribution is 0.319. The Morgan fingerprint density at radius 3 is 2.52 bits per heavy atom. The molecule has 0 bridgehead atoms. The molecule has 0 N–H and O–H groups in total. The third-order valence-corrected chi connectivity index (χ3v) is 3.17. The van der Waals surface area contributed by atoms with Crippen molar-refractivity contribution in [3.05, 3.63) is 63.9 Å². The Morgan fingerprint density at radius 1 is 1.17 bits per heavy atom. The van der Waals surface area contributed by atoms with Crippen LogP contribution in [0.2, 0.25) is 5.02 Å². The molecule has 3 aromatic rings. The van der Waals surface area contributed by atoms with Crippen molar-refractivity contribution < 1.29 is 18.3 Å². The molecule has 0 unspecified atom stereocenters. The molecule has 0 atom stereocenters. The van der Waals surface area contributed by atoms with Crippen molar-refractivity contribution >= 4 is 11.6 Å². The van der Waals surface area contributed by atoms with Gasteiger partial charge in [-0.2, -0.15) is 4.68 Å². The minimum absolute atomic E-state index is 0.0901. The first kappa shape index (κ1) is 15.1. The van der Waals surface area contributed by atoms with Crippen LogP contribution in [0.25, 0.3) is 5.69 Å². The number of rotatable bonds is 4. The molecule has 0 amide bonds. The Balaban J connectivity index is 1.89. The molecule has 6 nitrogen and oxygen atoms in total. The van der Waals surface area contributed by atoms with Gasteiger partial charge in [-0.05, 0) is 42.5 Å². The van der Waals surface area contributed by atoms with Crippen molar-refractivity contribution in [1.29, 1.82) is 0 Å². The van der Waals surface area contributed by atoms with Gasteiger partial charge in [-0.15, -0.1) is 0 Å². The third-order valence-electron chi connectivity index (χ3n) is 2.93. The largest absolute Gasteiger partial charge is 0.497 e. The quantitative estimate of drug-likeness (QED) is 0.730. The highest BCUT2D eigenvalue weighted by atomic mass is 35.5. The minimum Gasteiger partial charge on any atom is -0.497 e. The van der Waals surface area contributed by atoms with Gasteiger partial charge in [0.05, 0.1) is 7.11 Å². The number of hydrogen-bond donors (Lipinski definition) is 0. The molecule has 1 aromatic heterocycles. The summed E-state index contributed by atoms with van der Waals surface area (Å²) in [6.45, 7) is 0. The molecule has 118 valence electrons. The molecule has 0 aliphatic heterocycles. The predicted molar refractivity (Wildman–Crippen MR) is 80.1 cm³/mol. The van der Waals surface area contributed by atoms with E-state index in [9.17, 15) is 9.18 Å². The first-order chi connectivity index (χ1) is 11.1. The maximum atomic E-state index is 13.9. The van der Waals surface area contributed by atoms with E-state index in [2.05, 4.69) is 5.10 Å². The maximum absolute atomic E-state index is 13.9. The van der Waals surface area contributed by atoms with Crippen LogP contribution in [0.1, 0.15) is 0 Å². The minimum atomic E-state index is -0.880. The number of benzene rings is 2. The summed E-state index contributed by atoms with van der Waals surface area (Å²) in [4.78, 5) is 11.8. The monoisotopic (exact) mass is 336 g/mol. The topological polar surface area (TPSA) is 66.5 Å². The molecule has 0 aliphatic carbocycles. The van der Waals surface area contributed by atoms with E-state index in [1.807, 2.05) is 0 Å². The van der Waals surface area contributed by atoms with Crippen LogP contribution < -0.4 is 15.2 Å². The molecule has 0 saturated carbocycles. The first-order valence-electron chi connectivity index (χ1n) is 6.44. The van der Waals surface area contributed by atoms with Gasteiger partial charge in [-0.3, -0.25) is 0 Å². The maximum Gasteiger partial charge on any atom is 0.444 e. The van der Waals surface area contributed by atoms with E-state index in [4.69, 9.17) is 25.5 Å². The second-order valence-corrected chi connectivity index (χ2v) is 4.86. The molecule has 0 fully saturated rings.